The fourth-order valence-electron chi connectivity index (χ4n) is 10.1. The monoisotopic (exact) mass is 962 g/mol. The van der Waals surface area contributed by atoms with Gasteiger partial charge in [-0.05, 0) is 115 Å². The predicted octanol–water partition coefficient (Wildman–Crippen LogP) is 9.37. The summed E-state index contributed by atoms with van der Waals surface area (Å²) in [6.07, 6.45) is 9.96. The van der Waals surface area contributed by atoms with Crippen LogP contribution in [0.15, 0.2) is 120 Å². The van der Waals surface area contributed by atoms with Crippen molar-refractivity contribution in [2.24, 2.45) is 22.9 Å². The number of amides is 2. The number of nitrogens with zero attached hydrogens (tertiary/aromatic N) is 3. The Labute approximate surface area is 406 Å². The maximum Gasteiger partial charge on any atom is 0.417 e. The first kappa shape index (κ1) is 50.8. The van der Waals surface area contributed by atoms with E-state index >= 15 is 4.79 Å². The third kappa shape index (κ3) is 11.3. The van der Waals surface area contributed by atoms with Crippen LogP contribution in [0.25, 0.3) is 6.08 Å². The van der Waals surface area contributed by atoms with Gasteiger partial charge in [-0.3, -0.25) is 20.2 Å². The number of hydrogen-bond donors (Lipinski definition) is 3. The summed E-state index contributed by atoms with van der Waals surface area (Å²) in [7, 11) is 4.45. The topological polar surface area (TPSA) is 201 Å². The van der Waals surface area contributed by atoms with Crippen LogP contribution < -0.4 is 24.3 Å². The molecule has 17 heteroatoms. The second-order valence-corrected chi connectivity index (χ2v) is 17.3. The van der Waals surface area contributed by atoms with Crippen molar-refractivity contribution in [3.8, 4) is 23.0 Å². The highest BCUT2D eigenvalue weighted by atomic mass is 19.1. The molecule has 3 N–H and O–H groups in total. The van der Waals surface area contributed by atoms with E-state index in [4.69, 9.17) is 28.5 Å². The molecule has 16 nitrogen and oxygen atoms in total. The molecule has 1 heterocycles. The van der Waals surface area contributed by atoms with E-state index in [0.717, 1.165) is 12.0 Å². The molecule has 6 unspecified atom stereocenters. The summed E-state index contributed by atoms with van der Waals surface area (Å²) >= 11 is 0. The van der Waals surface area contributed by atoms with Crippen LogP contribution in [0.4, 0.5) is 20.6 Å². The molecule has 6 atom stereocenters. The molecule has 4 aromatic rings. The lowest BCUT2D eigenvalue weighted by atomic mass is 9.55. The standard InChI is InChI=1S/C53H59FN4O12/c1-5-28-68-53-48(57(33-35-12-17-37(54)18-13-35)49(61)25-16-34-14-19-38(20-15-34)58(63)64)32-45(56-67-4)42-29-36(10-6-8-26-59)41(11-7-9-27-60)50(51(42)53)43-30-40(22-24-46(43)70-53)69-52(62)55-44-23-21-39(65-2)31-47(44)66-3/h5,12-25,29-31,36,41,48,50-51,59-60H,1,6-11,26-28,32-33H2,2-4H3,(H,55,62). The molecule has 0 radical (unpaired) electrons. The number of aliphatic hydroxyl groups excluding tert-OH is 2. The first-order valence-corrected chi connectivity index (χ1v) is 23.3. The van der Waals surface area contributed by atoms with Crippen molar-refractivity contribution in [2.45, 2.75) is 69.2 Å². The highest BCUT2D eigenvalue weighted by molar-refractivity contribution is 6.03. The second kappa shape index (κ2) is 23.5. The largest absolute Gasteiger partial charge is 0.497 e. The lowest BCUT2D eigenvalue weighted by Gasteiger charge is -2.60. The SMILES string of the molecule is C=CCOC12Oc3ccc(OC(=O)Nc4ccc(OC)cc4OC)cc3C3C(CCCCO)C(CCCCO)C=C(C(=NOC)CC1N(Cc1ccc(F)cc1)C(=O)C=Cc1ccc([N+](=O)[O-])cc1)C32. The molecular formula is C53H59FN4O12. The number of benzene rings is 4. The van der Waals surface area contributed by atoms with E-state index in [1.54, 1.807) is 77.7 Å². The van der Waals surface area contributed by atoms with Crippen LogP contribution in [0.1, 0.15) is 67.6 Å². The van der Waals surface area contributed by atoms with Crippen LogP contribution in [-0.2, 0) is 20.9 Å². The molecule has 1 aliphatic heterocycles. The van der Waals surface area contributed by atoms with Crippen LogP contribution in [0.5, 0.6) is 23.0 Å². The number of fused-ring (bicyclic) bond motifs is 2. The van der Waals surface area contributed by atoms with Crippen LogP contribution in [0, 0.1) is 33.7 Å². The lowest BCUT2D eigenvalue weighted by Crippen LogP contribution is -2.70. The normalized spacial score (nSPS) is 21.7. The van der Waals surface area contributed by atoms with Crippen molar-refractivity contribution < 1.29 is 57.6 Å². The molecule has 0 bridgehead atoms. The van der Waals surface area contributed by atoms with Gasteiger partial charge in [0.25, 0.3) is 5.69 Å². The Morgan fingerprint density at radius 1 is 0.957 bits per heavy atom. The van der Waals surface area contributed by atoms with Crippen molar-refractivity contribution in [1.82, 2.24) is 4.90 Å². The number of carbonyl (C=O) groups is 2. The number of nitro groups is 1. The van der Waals surface area contributed by atoms with E-state index in [1.807, 2.05) is 0 Å². The first-order valence-electron chi connectivity index (χ1n) is 23.3. The lowest BCUT2D eigenvalue weighted by molar-refractivity contribution is -0.384. The summed E-state index contributed by atoms with van der Waals surface area (Å²) in [6.45, 7) is 3.99. The number of hydrogen-bond acceptors (Lipinski definition) is 13. The van der Waals surface area contributed by atoms with Crippen LogP contribution >= 0.6 is 0 Å². The Hall–Kier alpha value is -7.08. The Morgan fingerprint density at radius 3 is 2.36 bits per heavy atom. The minimum Gasteiger partial charge on any atom is -0.497 e. The van der Waals surface area contributed by atoms with E-state index in [1.165, 1.54) is 51.7 Å². The van der Waals surface area contributed by atoms with Crippen LogP contribution in [-0.4, -0.2) is 90.7 Å². The summed E-state index contributed by atoms with van der Waals surface area (Å²) in [5.74, 6) is -2.35. The molecule has 0 aromatic heterocycles. The number of carbonyl (C=O) groups excluding carboxylic acids is 2. The van der Waals surface area contributed by atoms with Crippen molar-refractivity contribution in [3.63, 3.8) is 0 Å². The zero-order chi connectivity index (χ0) is 49.8. The summed E-state index contributed by atoms with van der Waals surface area (Å²) < 4.78 is 45.5. The van der Waals surface area contributed by atoms with Crippen molar-refractivity contribution >= 4 is 35.2 Å². The number of methoxy groups -OCH3 is 2. The number of allylic oxidation sites excluding steroid dienone is 1. The number of aliphatic hydroxyl groups is 2. The van der Waals surface area contributed by atoms with E-state index in [9.17, 15) is 29.5 Å². The minimum absolute atomic E-state index is 0.00158. The fourth-order valence-corrected chi connectivity index (χ4v) is 10.1. The van der Waals surface area contributed by atoms with Gasteiger partial charge >= 0.3 is 6.09 Å². The summed E-state index contributed by atoms with van der Waals surface area (Å²) in [5.41, 5.74) is 3.46. The molecule has 2 aliphatic carbocycles. The van der Waals surface area contributed by atoms with Crippen molar-refractivity contribution in [3.05, 3.63) is 148 Å². The highest BCUT2D eigenvalue weighted by Crippen LogP contribution is 2.62. The van der Waals surface area contributed by atoms with Gasteiger partial charge in [0.2, 0.25) is 11.7 Å². The van der Waals surface area contributed by atoms with Gasteiger partial charge in [0.1, 0.15) is 42.0 Å². The van der Waals surface area contributed by atoms with Crippen molar-refractivity contribution in [1.29, 1.82) is 0 Å². The molecule has 0 spiro atoms. The zero-order valence-electron chi connectivity index (χ0n) is 39.5. The number of rotatable bonds is 22. The molecule has 2 amide bonds. The zero-order valence-corrected chi connectivity index (χ0v) is 39.5. The molecule has 1 saturated carbocycles. The third-order valence-electron chi connectivity index (χ3n) is 13.1. The molecule has 1 fully saturated rings. The highest BCUT2D eigenvalue weighted by Gasteiger charge is 2.65. The quantitative estimate of drug-likeness (QED) is 0.0222. The number of oxime groups is 1. The molecule has 7 rings (SSSR count). The number of halogens is 1. The fraction of sp³-hybridized carbons (Fsp3) is 0.377. The van der Waals surface area contributed by atoms with Gasteiger partial charge in [-0.1, -0.05) is 42.3 Å². The minimum atomic E-state index is -1.64. The average Bonchev–Trinajstić information content (AvgIpc) is 3.36. The number of anilines is 1. The number of ether oxygens (including phenoxy) is 5. The molecular weight excluding hydrogens is 904 g/mol. The van der Waals surface area contributed by atoms with Gasteiger partial charge in [-0.2, -0.15) is 0 Å². The van der Waals surface area contributed by atoms with Gasteiger partial charge in [0.05, 0.1) is 43.1 Å². The van der Waals surface area contributed by atoms with Crippen LogP contribution in [0.2, 0.25) is 0 Å². The average molecular weight is 963 g/mol. The Balaban J connectivity index is 1.40. The molecule has 370 valence electrons. The summed E-state index contributed by atoms with van der Waals surface area (Å²) in [4.78, 5) is 46.7. The molecule has 70 heavy (non-hydrogen) atoms. The predicted molar refractivity (Wildman–Crippen MR) is 260 cm³/mol. The van der Waals surface area contributed by atoms with Crippen LogP contribution in [0.3, 0.4) is 0 Å². The molecule has 4 aromatic carbocycles. The maximum absolute atomic E-state index is 15.0. The molecule has 3 aliphatic rings. The van der Waals surface area contributed by atoms with Gasteiger partial charge in [0.15, 0.2) is 0 Å². The van der Waals surface area contributed by atoms with Gasteiger partial charge in [-0.15, -0.1) is 6.58 Å². The third-order valence-corrected chi connectivity index (χ3v) is 13.1. The Bertz CT molecular complexity index is 2590. The van der Waals surface area contributed by atoms with E-state index in [2.05, 4.69) is 23.1 Å². The smallest absolute Gasteiger partial charge is 0.417 e. The van der Waals surface area contributed by atoms with Gasteiger partial charge in [0, 0.05) is 61.9 Å². The van der Waals surface area contributed by atoms with E-state index in [-0.39, 0.29) is 56.1 Å². The number of non-ortho nitro benzene ring substituents is 1. The maximum atomic E-state index is 15.0. The van der Waals surface area contributed by atoms with E-state index in [0.29, 0.717) is 77.4 Å². The number of nitro benzene ring substituents is 1. The van der Waals surface area contributed by atoms with Gasteiger partial charge < -0.3 is 43.6 Å². The number of nitrogens with one attached hydrogen (secondary N) is 1. The Kier molecular flexibility index (Phi) is 17.0. The van der Waals surface area contributed by atoms with E-state index < -0.39 is 46.4 Å². The Morgan fingerprint density at radius 2 is 1.69 bits per heavy atom. The van der Waals surface area contributed by atoms with Gasteiger partial charge in [-0.25, -0.2) is 9.18 Å². The number of unbranched alkanes of at least 4 members (excludes halogenated alkanes) is 2. The first-order chi connectivity index (χ1) is 34.0. The second-order valence-electron chi connectivity index (χ2n) is 17.3. The van der Waals surface area contributed by atoms with Crippen molar-refractivity contribution in [2.75, 3.05) is 46.5 Å². The molecule has 0 saturated heterocycles. The summed E-state index contributed by atoms with van der Waals surface area (Å²) in [6, 6.07) is 20.8. The summed E-state index contributed by atoms with van der Waals surface area (Å²) in [5, 5.41) is 38.7.